The lowest BCUT2D eigenvalue weighted by molar-refractivity contribution is -0.144. The van der Waals surface area contributed by atoms with Crippen molar-refractivity contribution in [1.82, 2.24) is 10.6 Å². The zero-order valence-corrected chi connectivity index (χ0v) is 13.8. The number of primary amides is 1. The van der Waals surface area contributed by atoms with Crippen LogP contribution in [0.5, 0.6) is 0 Å². The summed E-state index contributed by atoms with van der Waals surface area (Å²) in [5.41, 5.74) is 4.90. The topological polar surface area (TPSA) is 139 Å². The molecule has 0 radical (unpaired) electrons. The molecule has 3 amide bonds. The molecule has 0 saturated carbocycles. The zero-order valence-electron chi connectivity index (χ0n) is 21.8. The predicted octanol–water partition coefficient (Wildman–Crippen LogP) is 1.20. The van der Waals surface area contributed by atoms with E-state index in [0.29, 0.717) is 0 Å². The van der Waals surface area contributed by atoms with E-state index in [0.717, 1.165) is 0 Å². The molecule has 8 nitrogen and oxygen atoms in total. The van der Waals surface area contributed by atoms with Crippen molar-refractivity contribution in [2.75, 3.05) is 6.54 Å². The van der Waals surface area contributed by atoms with Crippen LogP contribution in [0.4, 0.5) is 4.79 Å². The fourth-order valence-corrected chi connectivity index (χ4v) is 1.91. The normalized spacial score (nSPS) is 20.3. The third-order valence-electron chi connectivity index (χ3n) is 3.18. The van der Waals surface area contributed by atoms with Crippen molar-refractivity contribution >= 4 is 23.7 Å². The van der Waals surface area contributed by atoms with E-state index in [4.69, 9.17) is 16.7 Å². The highest BCUT2D eigenvalue weighted by Gasteiger charge is 2.28. The van der Waals surface area contributed by atoms with Gasteiger partial charge in [0.25, 0.3) is 0 Å². The Morgan fingerprint density at radius 2 is 2.04 bits per heavy atom. The highest BCUT2D eigenvalue weighted by atomic mass is 16.4. The van der Waals surface area contributed by atoms with Gasteiger partial charge in [0.05, 0.1) is 13.3 Å². The zero-order chi connectivity index (χ0) is 26.3. The van der Waals surface area contributed by atoms with E-state index in [1.807, 2.05) is 0 Å². The average Bonchev–Trinajstić information content (AvgIpc) is 2.65. The molecule has 0 rings (SSSR count). The van der Waals surface area contributed by atoms with Gasteiger partial charge in [0.15, 0.2) is 5.78 Å². The molecule has 0 aliphatic rings. The van der Waals surface area contributed by atoms with Gasteiger partial charge in [-0.1, -0.05) is 19.8 Å². The molecule has 5 N–H and O–H groups in total. The number of Topliss-reactive ketones (excluding diaryl/α,β-unsaturated/α-hetero) is 1. The van der Waals surface area contributed by atoms with Crippen molar-refractivity contribution < 1.29 is 35.3 Å². The summed E-state index contributed by atoms with van der Waals surface area (Å²) in [5, 5.41) is 13.4. The van der Waals surface area contributed by atoms with Crippen LogP contribution in [0.25, 0.3) is 0 Å². The van der Waals surface area contributed by atoms with Crippen LogP contribution in [0.1, 0.15) is 56.8 Å². The monoisotopic (exact) mass is 363 g/mol. The van der Waals surface area contributed by atoms with E-state index in [1.54, 1.807) is 5.32 Å². The predicted molar refractivity (Wildman–Crippen MR) is 93.8 cm³/mol. The van der Waals surface area contributed by atoms with Crippen molar-refractivity contribution in [3.05, 3.63) is 12.7 Å². The van der Waals surface area contributed by atoms with E-state index in [2.05, 4.69) is 11.9 Å². The molecule has 0 aliphatic heterocycles. The van der Waals surface area contributed by atoms with Crippen LogP contribution in [-0.4, -0.2) is 41.4 Å². The fourth-order valence-electron chi connectivity index (χ4n) is 1.91. The number of carboxylic acids is 1. The van der Waals surface area contributed by atoms with Crippen LogP contribution >= 0.6 is 0 Å². The molecule has 0 aromatic rings. The Labute approximate surface area is 159 Å². The highest BCUT2D eigenvalue weighted by molar-refractivity contribution is 5.91. The largest absolute Gasteiger partial charge is 0.481 e. The minimum absolute atomic E-state index is 0.0362. The number of urea groups is 1. The van der Waals surface area contributed by atoms with Gasteiger partial charge in [-0.25, -0.2) is 4.79 Å². The van der Waals surface area contributed by atoms with Gasteiger partial charge >= 0.3 is 12.0 Å². The summed E-state index contributed by atoms with van der Waals surface area (Å²) in [7, 11) is 0. The molecule has 0 saturated heterocycles. The summed E-state index contributed by atoms with van der Waals surface area (Å²) in [5.74, 6) is -9.49. The number of nitrogens with two attached hydrogens (primary N) is 1. The number of rotatable bonds is 13. The number of ketones is 1. The molecule has 0 aliphatic carbocycles. The standard InChI is InChI=1S/C17H29N3O5/c1-4-5-8-14(22)20-15(11(2)3)13(21)10-12(16(23)24)7-6-9-19-17(18)25/h4,11-12,15H,1,5-10H2,2-3H3,(H,20,22)(H,23,24)(H3,18,19,25)/t12-,15-/m1/s1/i2D3,3D3,11D,15D. The molecular formula is C17H29N3O5. The Hall–Kier alpha value is -2.38. The van der Waals surface area contributed by atoms with E-state index in [-0.39, 0.29) is 32.2 Å². The minimum atomic E-state index is -3.81. The molecule has 0 fully saturated rings. The molecule has 0 spiro atoms. The molecule has 0 heterocycles. The number of carboxylic acid groups (broad SMARTS) is 1. The number of carbonyl (C=O) groups excluding carboxylic acids is 3. The minimum Gasteiger partial charge on any atom is -0.481 e. The molecular weight excluding hydrogens is 326 g/mol. The molecule has 0 aromatic carbocycles. The van der Waals surface area contributed by atoms with E-state index in [1.165, 1.54) is 6.08 Å². The molecule has 25 heavy (non-hydrogen) atoms. The number of hydrogen-bond donors (Lipinski definition) is 4. The third kappa shape index (κ3) is 10.2. The molecule has 142 valence electrons. The Bertz CT molecular complexity index is 742. The van der Waals surface area contributed by atoms with Crippen LogP contribution in [0, 0.1) is 11.8 Å². The first-order valence-electron chi connectivity index (χ1n) is 11.6. The lowest BCUT2D eigenvalue weighted by atomic mass is 9.90. The van der Waals surface area contributed by atoms with Crippen molar-refractivity contribution in [3.63, 3.8) is 0 Å². The number of aliphatic carboxylic acids is 1. The second-order valence-electron chi connectivity index (χ2n) is 5.22. The van der Waals surface area contributed by atoms with Gasteiger partial charge in [0.2, 0.25) is 5.91 Å². The van der Waals surface area contributed by atoms with Gasteiger partial charge in [0.1, 0.15) is 0 Å². The summed E-state index contributed by atoms with van der Waals surface area (Å²) in [6.45, 7) is -4.14. The second-order valence-corrected chi connectivity index (χ2v) is 5.22. The first-order valence-corrected chi connectivity index (χ1v) is 7.56. The average molecular weight is 363 g/mol. The van der Waals surface area contributed by atoms with Crippen LogP contribution in [0.15, 0.2) is 12.7 Å². The third-order valence-corrected chi connectivity index (χ3v) is 3.18. The Kier molecular flexibility index (Phi) is 5.81. The Morgan fingerprint density at radius 1 is 1.36 bits per heavy atom. The highest BCUT2D eigenvalue weighted by Crippen LogP contribution is 2.16. The van der Waals surface area contributed by atoms with Gasteiger partial charge in [-0.2, -0.15) is 0 Å². The van der Waals surface area contributed by atoms with E-state index in [9.17, 15) is 24.3 Å². The van der Waals surface area contributed by atoms with Gasteiger partial charge < -0.3 is 21.5 Å². The van der Waals surface area contributed by atoms with E-state index >= 15 is 0 Å². The maximum atomic E-state index is 13.1. The summed E-state index contributed by atoms with van der Waals surface area (Å²) >= 11 is 0. The van der Waals surface area contributed by atoms with Gasteiger partial charge in [-0.15, -0.1) is 6.58 Å². The SMILES string of the molecule is [2H]C([2H])([2H])C([2H])(C([2H])([2H])[2H])[C@@]([2H])(NC(=O)CCC=C)C(=O)C[C@@H](CCCNC(N)=O)C(=O)O. The van der Waals surface area contributed by atoms with Gasteiger partial charge in [-0.05, 0) is 25.2 Å². The first-order chi connectivity index (χ1) is 14.8. The van der Waals surface area contributed by atoms with Crippen molar-refractivity contribution in [3.8, 4) is 0 Å². The lowest BCUT2D eigenvalue weighted by Gasteiger charge is -2.23. The van der Waals surface area contributed by atoms with Gasteiger partial charge in [0, 0.05) is 29.0 Å². The number of hydrogen-bond acceptors (Lipinski definition) is 4. The second kappa shape index (κ2) is 12.0. The lowest BCUT2D eigenvalue weighted by Crippen LogP contribution is -2.45. The number of carbonyl (C=O) groups is 4. The van der Waals surface area contributed by atoms with Crippen molar-refractivity contribution in [2.45, 2.75) is 51.8 Å². The number of nitrogens with one attached hydrogen (secondary N) is 2. The maximum Gasteiger partial charge on any atom is 0.312 e. The van der Waals surface area contributed by atoms with Crippen LogP contribution in [-0.2, 0) is 14.4 Å². The molecule has 2 atom stereocenters. The van der Waals surface area contributed by atoms with Crippen LogP contribution in [0.2, 0.25) is 0 Å². The quantitative estimate of drug-likeness (QED) is 0.288. The Balaban J connectivity index is 6.23. The van der Waals surface area contributed by atoms with Crippen LogP contribution in [0.3, 0.4) is 0 Å². The smallest absolute Gasteiger partial charge is 0.312 e. The van der Waals surface area contributed by atoms with E-state index < -0.39 is 61.6 Å². The summed E-state index contributed by atoms with van der Waals surface area (Å²) < 4.78 is 62.3. The number of allylic oxidation sites excluding steroid dienone is 1. The molecule has 8 heteroatoms. The number of amides is 3. The summed E-state index contributed by atoms with van der Waals surface area (Å²) in [6, 6.07) is -4.39. The molecule has 0 unspecified atom stereocenters. The van der Waals surface area contributed by atoms with Crippen molar-refractivity contribution in [2.24, 2.45) is 17.5 Å². The maximum absolute atomic E-state index is 13.1. The summed E-state index contributed by atoms with van der Waals surface area (Å²) in [4.78, 5) is 47.7. The van der Waals surface area contributed by atoms with Crippen molar-refractivity contribution in [1.29, 1.82) is 0 Å². The molecule has 0 aromatic heterocycles. The Morgan fingerprint density at radius 3 is 2.56 bits per heavy atom. The summed E-state index contributed by atoms with van der Waals surface area (Å²) in [6.07, 6.45) is -0.244. The van der Waals surface area contributed by atoms with Crippen LogP contribution < -0.4 is 16.4 Å². The first kappa shape index (κ1) is 12.1. The van der Waals surface area contributed by atoms with Gasteiger partial charge in [-0.3, -0.25) is 14.4 Å². The molecule has 0 bridgehead atoms. The fraction of sp³-hybridized carbons (Fsp3) is 0.647.